The van der Waals surface area contributed by atoms with Crippen LogP contribution in [-0.2, 0) is 16.8 Å². The van der Waals surface area contributed by atoms with Gasteiger partial charge in [0.2, 0.25) is 0 Å². The summed E-state index contributed by atoms with van der Waals surface area (Å²) < 4.78 is 5.26. The Hall–Kier alpha value is -3.02. The van der Waals surface area contributed by atoms with E-state index in [2.05, 4.69) is 10.3 Å². The van der Waals surface area contributed by atoms with Gasteiger partial charge in [0, 0.05) is 12.0 Å². The first-order valence-electron chi connectivity index (χ1n) is 8.44. The normalized spacial score (nSPS) is 10.9. The average molecular weight is 354 g/mol. The molecule has 0 spiro atoms. The fraction of sp³-hybridized carbons (Fsp3) is 0.300. The lowest BCUT2D eigenvalue weighted by Crippen LogP contribution is -2.37. The van der Waals surface area contributed by atoms with Crippen molar-refractivity contribution in [1.29, 1.82) is 0 Å². The highest BCUT2D eigenvalue weighted by Gasteiger charge is 2.24. The smallest absolute Gasteiger partial charge is 0.407 e. The van der Waals surface area contributed by atoms with Gasteiger partial charge in [-0.15, -0.1) is 0 Å². The highest BCUT2D eigenvalue weighted by molar-refractivity contribution is 5.79. The Morgan fingerprint density at radius 2 is 1.81 bits per heavy atom. The lowest BCUT2D eigenvalue weighted by Gasteiger charge is -2.27. The number of alkyl carbamates (subject to hydrolysis) is 1. The molecule has 0 bridgehead atoms. The van der Waals surface area contributed by atoms with Crippen molar-refractivity contribution in [1.82, 2.24) is 5.32 Å². The Labute approximate surface area is 154 Å². The summed E-state index contributed by atoms with van der Waals surface area (Å²) >= 11 is 0. The van der Waals surface area contributed by atoms with E-state index in [1.54, 1.807) is 0 Å². The molecule has 0 aliphatic rings. The van der Waals surface area contributed by atoms with E-state index in [0.717, 1.165) is 22.4 Å². The predicted molar refractivity (Wildman–Crippen MR) is 104 cm³/mol. The van der Waals surface area contributed by atoms with Crippen LogP contribution in [0.15, 0.2) is 53.5 Å². The van der Waals surface area contributed by atoms with Crippen LogP contribution in [0.1, 0.15) is 30.5 Å². The second-order valence-corrected chi connectivity index (χ2v) is 6.79. The molecule has 6 heteroatoms. The van der Waals surface area contributed by atoms with Gasteiger partial charge < -0.3 is 21.5 Å². The Bertz CT molecular complexity index is 782. The Balaban J connectivity index is 2.00. The standard InChI is InChI=1S/C20H26N4O2/c1-14-16(10-7-11-17(14)24-18(21)22)20(2,3)13-23-19(25)26-12-15-8-5-4-6-9-15/h4-11H,12-13H2,1-3H3,(H,23,25)(H4,21,22,24). The van der Waals surface area contributed by atoms with E-state index in [0.29, 0.717) is 6.54 Å². The first-order valence-corrected chi connectivity index (χ1v) is 8.44. The number of hydrogen-bond acceptors (Lipinski definition) is 3. The van der Waals surface area contributed by atoms with Crippen molar-refractivity contribution in [3.8, 4) is 0 Å². The molecule has 0 saturated carbocycles. The van der Waals surface area contributed by atoms with Gasteiger partial charge in [-0.05, 0) is 29.7 Å². The van der Waals surface area contributed by atoms with Gasteiger partial charge in [-0.3, -0.25) is 0 Å². The number of carbonyl (C=O) groups excluding carboxylic acids is 1. The molecule has 26 heavy (non-hydrogen) atoms. The van der Waals surface area contributed by atoms with Gasteiger partial charge >= 0.3 is 6.09 Å². The predicted octanol–water partition coefficient (Wildman–Crippen LogP) is 3.10. The molecule has 0 unspecified atom stereocenters. The topological polar surface area (TPSA) is 103 Å². The molecule has 0 fully saturated rings. The quantitative estimate of drug-likeness (QED) is 0.548. The molecule has 138 valence electrons. The molecule has 0 aromatic heterocycles. The summed E-state index contributed by atoms with van der Waals surface area (Å²) in [4.78, 5) is 16.2. The molecule has 2 rings (SSSR count). The number of ether oxygens (including phenoxy) is 1. The van der Waals surface area contributed by atoms with Crippen LogP contribution in [0.5, 0.6) is 0 Å². The summed E-state index contributed by atoms with van der Waals surface area (Å²) in [5, 5.41) is 2.83. The van der Waals surface area contributed by atoms with Crippen molar-refractivity contribution in [3.63, 3.8) is 0 Å². The van der Waals surface area contributed by atoms with E-state index in [1.165, 1.54) is 0 Å². The van der Waals surface area contributed by atoms with Gasteiger partial charge in [0.25, 0.3) is 0 Å². The van der Waals surface area contributed by atoms with E-state index < -0.39 is 6.09 Å². The summed E-state index contributed by atoms with van der Waals surface area (Å²) in [5.74, 6) is 0.0191. The van der Waals surface area contributed by atoms with E-state index >= 15 is 0 Å². The summed E-state index contributed by atoms with van der Waals surface area (Å²) in [5.41, 5.74) is 14.4. The van der Waals surface area contributed by atoms with Crippen molar-refractivity contribution >= 4 is 17.7 Å². The maximum absolute atomic E-state index is 12.0. The number of amides is 1. The molecule has 0 aliphatic carbocycles. The minimum atomic E-state index is -0.444. The van der Waals surface area contributed by atoms with Gasteiger partial charge in [-0.2, -0.15) is 0 Å². The second-order valence-electron chi connectivity index (χ2n) is 6.79. The highest BCUT2D eigenvalue weighted by atomic mass is 16.5. The fourth-order valence-corrected chi connectivity index (χ4v) is 2.78. The van der Waals surface area contributed by atoms with Gasteiger partial charge in [-0.25, -0.2) is 9.79 Å². The summed E-state index contributed by atoms with van der Waals surface area (Å²) in [6.45, 7) is 6.73. The zero-order valence-electron chi connectivity index (χ0n) is 15.5. The van der Waals surface area contributed by atoms with Crippen LogP contribution in [0, 0.1) is 6.92 Å². The molecule has 2 aromatic rings. The third-order valence-corrected chi connectivity index (χ3v) is 4.17. The first kappa shape index (κ1) is 19.3. The number of nitrogens with two attached hydrogens (primary N) is 2. The van der Waals surface area contributed by atoms with E-state index in [4.69, 9.17) is 16.2 Å². The fourth-order valence-electron chi connectivity index (χ4n) is 2.78. The lowest BCUT2D eigenvalue weighted by molar-refractivity contribution is 0.137. The third kappa shape index (κ3) is 5.24. The van der Waals surface area contributed by atoms with Crippen LogP contribution in [0.3, 0.4) is 0 Å². The minimum absolute atomic E-state index is 0.0191. The van der Waals surface area contributed by atoms with E-state index in [-0.39, 0.29) is 18.0 Å². The van der Waals surface area contributed by atoms with Crippen LogP contribution in [-0.4, -0.2) is 18.6 Å². The average Bonchev–Trinajstić information content (AvgIpc) is 2.60. The second kappa shape index (κ2) is 8.38. The Morgan fingerprint density at radius 3 is 2.46 bits per heavy atom. The first-order chi connectivity index (χ1) is 12.3. The zero-order chi connectivity index (χ0) is 19.2. The SMILES string of the molecule is Cc1c(N=C(N)N)cccc1C(C)(C)CNC(=O)OCc1ccccc1. The summed E-state index contributed by atoms with van der Waals surface area (Å²) in [7, 11) is 0. The van der Waals surface area contributed by atoms with Gasteiger partial charge in [-0.1, -0.05) is 56.3 Å². The molecular formula is C20H26N4O2. The highest BCUT2D eigenvalue weighted by Crippen LogP contribution is 2.31. The maximum atomic E-state index is 12.0. The monoisotopic (exact) mass is 354 g/mol. The Morgan fingerprint density at radius 1 is 1.12 bits per heavy atom. The van der Waals surface area contributed by atoms with Crippen molar-refractivity contribution in [3.05, 3.63) is 65.2 Å². The van der Waals surface area contributed by atoms with Crippen LogP contribution < -0.4 is 16.8 Å². The molecule has 2 aromatic carbocycles. The lowest BCUT2D eigenvalue weighted by atomic mass is 9.81. The number of guanidine groups is 1. The molecule has 5 N–H and O–H groups in total. The third-order valence-electron chi connectivity index (χ3n) is 4.17. The number of aliphatic imine (C=N–C) groups is 1. The number of rotatable bonds is 6. The zero-order valence-corrected chi connectivity index (χ0v) is 15.5. The number of carbonyl (C=O) groups is 1. The number of nitrogens with one attached hydrogen (secondary N) is 1. The molecule has 0 radical (unpaired) electrons. The van der Waals surface area contributed by atoms with Crippen molar-refractivity contribution in [2.45, 2.75) is 32.8 Å². The molecule has 6 nitrogen and oxygen atoms in total. The number of nitrogens with zero attached hydrogens (tertiary/aromatic N) is 1. The molecule has 1 amide bonds. The van der Waals surface area contributed by atoms with Crippen LogP contribution >= 0.6 is 0 Å². The van der Waals surface area contributed by atoms with Gasteiger partial charge in [0.05, 0.1) is 5.69 Å². The van der Waals surface area contributed by atoms with E-state index in [1.807, 2.05) is 69.3 Å². The molecule has 0 aliphatic heterocycles. The number of hydrogen-bond donors (Lipinski definition) is 3. The number of benzene rings is 2. The molecule has 0 heterocycles. The summed E-state index contributed by atoms with van der Waals surface area (Å²) in [6, 6.07) is 15.3. The largest absolute Gasteiger partial charge is 0.445 e. The van der Waals surface area contributed by atoms with Crippen LogP contribution in [0.4, 0.5) is 10.5 Å². The maximum Gasteiger partial charge on any atom is 0.407 e. The van der Waals surface area contributed by atoms with Crippen LogP contribution in [0.25, 0.3) is 0 Å². The van der Waals surface area contributed by atoms with Crippen molar-refractivity contribution < 1.29 is 9.53 Å². The van der Waals surface area contributed by atoms with E-state index in [9.17, 15) is 4.79 Å². The van der Waals surface area contributed by atoms with Crippen molar-refractivity contribution in [2.24, 2.45) is 16.5 Å². The summed E-state index contributed by atoms with van der Waals surface area (Å²) in [6.07, 6.45) is -0.444. The Kier molecular flexibility index (Phi) is 6.22. The molecule has 0 atom stereocenters. The van der Waals surface area contributed by atoms with Gasteiger partial charge in [0.1, 0.15) is 6.61 Å². The molecule has 0 saturated heterocycles. The van der Waals surface area contributed by atoms with Crippen LogP contribution in [0.2, 0.25) is 0 Å². The molecular weight excluding hydrogens is 328 g/mol. The van der Waals surface area contributed by atoms with Gasteiger partial charge in [0.15, 0.2) is 5.96 Å². The minimum Gasteiger partial charge on any atom is -0.445 e. The van der Waals surface area contributed by atoms with Crippen molar-refractivity contribution in [2.75, 3.05) is 6.54 Å².